The summed E-state index contributed by atoms with van der Waals surface area (Å²) >= 11 is 0. The third-order valence-electron chi connectivity index (χ3n) is 15.3. The molecule has 0 unspecified atom stereocenters. The van der Waals surface area contributed by atoms with Crippen LogP contribution in [0.2, 0.25) is 0 Å². The zero-order valence-corrected chi connectivity index (χ0v) is 41.7. The summed E-state index contributed by atoms with van der Waals surface area (Å²) < 4.78 is 0. The monoisotopic (exact) mass is 946 g/mol. The standard InChI is InChI=1S/C72H54N2/c1-72(2)68-30-18-17-27-64(68)67-49-59(43-46-69(67)72)74(58-41-35-55(36-42-58)52-23-11-5-12-24-52)71-48-45-63(61-26-15-16-29-66(61)71)62-44-47-70(65-28-14-6-13-25-60(62)65)73(56-37-31-53(32-38-56)50-19-7-3-8-20-50)57-39-33-54(34-40-57)51-21-9-4-10-22-51/h3-13,15-49H,14H2,1-2H3. The van der Waals surface area contributed by atoms with E-state index in [4.69, 9.17) is 0 Å². The fraction of sp³-hybridized carbons (Fsp3) is 0.0556. The Morgan fingerprint density at radius 2 is 0.770 bits per heavy atom. The van der Waals surface area contributed by atoms with E-state index >= 15 is 0 Å². The van der Waals surface area contributed by atoms with Crippen LogP contribution in [0.3, 0.4) is 0 Å². The lowest BCUT2D eigenvalue weighted by molar-refractivity contribution is 0.660. The van der Waals surface area contributed by atoms with Crippen molar-refractivity contribution in [2.24, 2.45) is 0 Å². The zero-order valence-electron chi connectivity index (χ0n) is 41.7. The van der Waals surface area contributed by atoms with Crippen LogP contribution in [-0.2, 0) is 5.41 Å². The first-order valence-electron chi connectivity index (χ1n) is 25.8. The summed E-state index contributed by atoms with van der Waals surface area (Å²) in [6.07, 6.45) is 10.0. The summed E-state index contributed by atoms with van der Waals surface area (Å²) in [4.78, 5) is 4.89. The molecular formula is C72H54N2. The Labute approximate surface area is 434 Å². The summed E-state index contributed by atoms with van der Waals surface area (Å²) in [5.41, 5.74) is 21.5. The van der Waals surface area contributed by atoms with Gasteiger partial charge in [-0.25, -0.2) is 0 Å². The molecule has 0 saturated heterocycles. The maximum absolute atomic E-state index is 2.46. The average Bonchev–Trinajstić information content (AvgIpc) is 3.58. The molecule has 0 atom stereocenters. The molecule has 0 aliphatic heterocycles. The van der Waals surface area contributed by atoms with Crippen molar-refractivity contribution in [3.63, 3.8) is 0 Å². The van der Waals surface area contributed by atoms with Gasteiger partial charge in [0, 0.05) is 38.8 Å². The number of hydrogen-bond donors (Lipinski definition) is 0. The van der Waals surface area contributed by atoms with Gasteiger partial charge in [-0.3, -0.25) is 0 Å². The lowest BCUT2D eigenvalue weighted by Gasteiger charge is -2.29. The summed E-state index contributed by atoms with van der Waals surface area (Å²) in [6.45, 7) is 4.71. The molecule has 13 rings (SSSR count). The molecule has 0 fully saturated rings. The first-order chi connectivity index (χ1) is 36.5. The minimum absolute atomic E-state index is 0.0881. The smallest absolute Gasteiger partial charge is 0.0540 e. The second-order valence-corrected chi connectivity index (χ2v) is 20.0. The van der Waals surface area contributed by atoms with E-state index in [0.717, 1.165) is 40.5 Å². The minimum Gasteiger partial charge on any atom is -0.310 e. The van der Waals surface area contributed by atoms with Gasteiger partial charge < -0.3 is 9.80 Å². The normalized spacial score (nSPS) is 12.9. The van der Waals surface area contributed by atoms with E-state index in [1.807, 2.05) is 0 Å². The van der Waals surface area contributed by atoms with Crippen molar-refractivity contribution >= 4 is 57.0 Å². The number of allylic oxidation sites excluding steroid dienone is 2. The molecule has 11 aromatic carbocycles. The molecule has 0 saturated carbocycles. The number of hydrogen-bond acceptors (Lipinski definition) is 2. The van der Waals surface area contributed by atoms with E-state index in [-0.39, 0.29) is 5.41 Å². The third-order valence-corrected chi connectivity index (χ3v) is 15.3. The summed E-state index contributed by atoms with van der Waals surface area (Å²) in [5, 5.41) is 4.79. The van der Waals surface area contributed by atoms with Crippen molar-refractivity contribution < 1.29 is 0 Å². The average molecular weight is 947 g/mol. The summed E-state index contributed by atoms with van der Waals surface area (Å²) in [5.74, 6) is 0. The van der Waals surface area contributed by atoms with Crippen molar-refractivity contribution in [2.75, 3.05) is 9.80 Å². The van der Waals surface area contributed by atoms with E-state index < -0.39 is 0 Å². The molecule has 2 aliphatic rings. The van der Waals surface area contributed by atoms with Crippen LogP contribution in [-0.4, -0.2) is 0 Å². The molecular weight excluding hydrogens is 893 g/mol. The maximum Gasteiger partial charge on any atom is 0.0540 e. The van der Waals surface area contributed by atoms with Crippen LogP contribution >= 0.6 is 0 Å². The van der Waals surface area contributed by atoms with Crippen LogP contribution in [0.15, 0.2) is 267 Å². The predicted octanol–water partition coefficient (Wildman–Crippen LogP) is 18.3. The predicted molar refractivity (Wildman–Crippen MR) is 315 cm³/mol. The maximum atomic E-state index is 2.46. The van der Waals surface area contributed by atoms with Crippen molar-refractivity contribution in [3.8, 4) is 55.6 Å². The van der Waals surface area contributed by atoms with E-state index in [1.165, 1.54) is 88.0 Å². The zero-order chi connectivity index (χ0) is 49.6. The number of benzene rings is 11. The fourth-order valence-corrected chi connectivity index (χ4v) is 11.6. The SMILES string of the molecule is CC1(C)c2ccccc2-c2cc(N(c3ccc(-c4ccccc4)cc3)c3ccc(-c4ccc(N(c5ccc(-c6ccccc6)cc5)c5ccc(-c6ccccc6)cc5)c5c4=CC=CCC=5)c4ccccc34)ccc21. The number of anilines is 6. The molecule has 74 heavy (non-hydrogen) atoms. The van der Waals surface area contributed by atoms with Gasteiger partial charge in [0.2, 0.25) is 0 Å². The molecule has 0 bridgehead atoms. The largest absolute Gasteiger partial charge is 0.310 e. The molecule has 0 aromatic heterocycles. The highest BCUT2D eigenvalue weighted by molar-refractivity contribution is 6.07. The second-order valence-electron chi connectivity index (χ2n) is 20.0. The number of rotatable bonds is 10. The highest BCUT2D eigenvalue weighted by atomic mass is 15.1. The lowest BCUT2D eigenvalue weighted by Crippen LogP contribution is -2.32. The van der Waals surface area contributed by atoms with Gasteiger partial charge >= 0.3 is 0 Å². The van der Waals surface area contributed by atoms with E-state index in [2.05, 4.69) is 303 Å². The van der Waals surface area contributed by atoms with Gasteiger partial charge in [-0.2, -0.15) is 0 Å². The first-order valence-corrected chi connectivity index (χ1v) is 25.8. The van der Waals surface area contributed by atoms with Crippen LogP contribution in [0.1, 0.15) is 31.4 Å². The Morgan fingerprint density at radius 1 is 0.324 bits per heavy atom. The van der Waals surface area contributed by atoms with Gasteiger partial charge in [-0.1, -0.05) is 232 Å². The van der Waals surface area contributed by atoms with Gasteiger partial charge in [0.25, 0.3) is 0 Å². The molecule has 0 heterocycles. The fourth-order valence-electron chi connectivity index (χ4n) is 11.6. The van der Waals surface area contributed by atoms with Crippen molar-refractivity contribution in [1.29, 1.82) is 0 Å². The van der Waals surface area contributed by atoms with Gasteiger partial charge in [0.1, 0.15) is 0 Å². The molecule has 11 aromatic rings. The molecule has 2 nitrogen and oxygen atoms in total. The summed E-state index contributed by atoms with van der Waals surface area (Å²) in [7, 11) is 0. The minimum atomic E-state index is -0.0881. The van der Waals surface area contributed by atoms with Gasteiger partial charge in [0.05, 0.1) is 11.4 Å². The second kappa shape index (κ2) is 18.7. The van der Waals surface area contributed by atoms with Crippen molar-refractivity contribution in [2.45, 2.75) is 25.7 Å². The quantitative estimate of drug-likeness (QED) is 0.135. The Hall–Kier alpha value is -9.24. The third kappa shape index (κ3) is 7.93. The Morgan fingerprint density at radius 3 is 1.35 bits per heavy atom. The molecule has 0 amide bonds. The van der Waals surface area contributed by atoms with E-state index in [1.54, 1.807) is 0 Å². The van der Waals surface area contributed by atoms with E-state index in [9.17, 15) is 0 Å². The summed E-state index contributed by atoms with van der Waals surface area (Å²) in [6, 6.07) is 93.4. The Kier molecular flexibility index (Phi) is 11.3. The van der Waals surface area contributed by atoms with Crippen molar-refractivity contribution in [1.82, 2.24) is 0 Å². The van der Waals surface area contributed by atoms with Gasteiger partial charge in [-0.05, 0) is 144 Å². The highest BCUT2D eigenvalue weighted by Gasteiger charge is 2.35. The molecule has 0 radical (unpaired) electrons. The molecule has 352 valence electrons. The van der Waals surface area contributed by atoms with Crippen LogP contribution in [0.4, 0.5) is 34.1 Å². The number of fused-ring (bicyclic) bond motifs is 5. The van der Waals surface area contributed by atoms with E-state index in [0.29, 0.717) is 0 Å². The topological polar surface area (TPSA) is 6.48 Å². The number of nitrogens with zero attached hydrogens (tertiary/aromatic N) is 2. The molecule has 0 N–H and O–H groups in total. The Bertz CT molecular complexity index is 3940. The highest BCUT2D eigenvalue weighted by Crippen LogP contribution is 2.51. The van der Waals surface area contributed by atoms with Crippen LogP contribution in [0.5, 0.6) is 0 Å². The first kappa shape index (κ1) is 44.7. The van der Waals surface area contributed by atoms with Crippen LogP contribution in [0, 0.1) is 0 Å². The van der Waals surface area contributed by atoms with Crippen LogP contribution in [0.25, 0.3) is 78.6 Å². The molecule has 0 spiro atoms. The molecule has 2 heteroatoms. The lowest BCUT2D eigenvalue weighted by atomic mass is 9.82. The van der Waals surface area contributed by atoms with Crippen LogP contribution < -0.4 is 20.2 Å². The molecule has 2 aliphatic carbocycles. The Balaban J connectivity index is 0.967. The van der Waals surface area contributed by atoms with Crippen molar-refractivity contribution in [3.05, 3.63) is 289 Å². The van der Waals surface area contributed by atoms with Gasteiger partial charge in [-0.15, -0.1) is 0 Å². The van der Waals surface area contributed by atoms with Gasteiger partial charge in [0.15, 0.2) is 0 Å².